The van der Waals surface area contributed by atoms with Crippen LogP contribution in [0.4, 0.5) is 34.1 Å². The first kappa shape index (κ1) is 50.7. The maximum atomic E-state index is 6.87. The van der Waals surface area contributed by atoms with Crippen LogP contribution in [0.25, 0.3) is 132 Å². The van der Waals surface area contributed by atoms with Crippen molar-refractivity contribution >= 4 is 144 Å². The fourth-order valence-electron chi connectivity index (χ4n) is 13.1. The molecule has 0 radical (unpaired) electrons. The van der Waals surface area contributed by atoms with Gasteiger partial charge in [-0.1, -0.05) is 151 Å². The summed E-state index contributed by atoms with van der Waals surface area (Å²) in [7, 11) is 0. The van der Waals surface area contributed by atoms with E-state index < -0.39 is 0 Å². The molecule has 0 atom stereocenters. The van der Waals surface area contributed by atoms with Crippen molar-refractivity contribution in [1.29, 1.82) is 0 Å². The molecule has 12 aromatic carbocycles. The Hall–Kier alpha value is -10.8. The molecule has 0 bridgehead atoms. The van der Waals surface area contributed by atoms with Gasteiger partial charge >= 0.3 is 0 Å². The van der Waals surface area contributed by atoms with Crippen LogP contribution in [-0.4, -0.2) is 0 Å². The van der Waals surface area contributed by atoms with Crippen LogP contribution in [0.1, 0.15) is 52.7 Å². The molecule has 0 aliphatic rings. The Bertz CT molecular complexity index is 5240. The Morgan fingerprint density at radius 2 is 0.437 bits per heavy atom. The van der Waals surface area contributed by atoms with Gasteiger partial charge in [0.1, 0.15) is 55.8 Å². The van der Waals surface area contributed by atoms with E-state index in [0.717, 1.165) is 155 Å². The third kappa shape index (κ3) is 8.40. The molecule has 0 saturated heterocycles. The number of anilines is 6. The fourth-order valence-corrected chi connectivity index (χ4v) is 13.1. The van der Waals surface area contributed by atoms with Crippen LogP contribution in [0, 0.1) is 0 Å². The van der Waals surface area contributed by atoms with Crippen molar-refractivity contribution in [2.45, 2.75) is 52.4 Å². The molecule has 87 heavy (non-hydrogen) atoms. The Labute approximate surface area is 501 Å². The Balaban J connectivity index is 0.736. The van der Waals surface area contributed by atoms with E-state index in [1.54, 1.807) is 0 Å². The van der Waals surface area contributed by atoms with Crippen LogP contribution >= 0.6 is 0 Å². The molecule has 0 spiro atoms. The van der Waals surface area contributed by atoms with Gasteiger partial charge in [-0.05, 0) is 153 Å². The fraction of sp³-hybridized carbons (Fsp3) is 0.100. The van der Waals surface area contributed by atoms with Gasteiger partial charge in [0.2, 0.25) is 0 Å². The summed E-state index contributed by atoms with van der Waals surface area (Å²) in [6.07, 6.45) is 0. The highest BCUT2D eigenvalue weighted by atomic mass is 16.3. The Morgan fingerprint density at radius 1 is 0.207 bits per heavy atom. The largest absolute Gasteiger partial charge is 0.456 e. The molecule has 17 rings (SSSR count). The molecule has 7 nitrogen and oxygen atoms in total. The molecule has 0 N–H and O–H groups in total. The molecule has 0 fully saturated rings. The topological polar surface area (TPSA) is 72.2 Å². The first-order valence-electron chi connectivity index (χ1n) is 29.8. The van der Waals surface area contributed by atoms with Crippen molar-refractivity contribution in [3.63, 3.8) is 0 Å². The third-order valence-electron chi connectivity index (χ3n) is 17.8. The van der Waals surface area contributed by atoms with E-state index in [1.807, 2.05) is 24.3 Å². The van der Waals surface area contributed by atoms with Gasteiger partial charge in [0.15, 0.2) is 0 Å². The molecule has 5 heterocycles. The van der Waals surface area contributed by atoms with Crippen molar-refractivity contribution in [2.24, 2.45) is 0 Å². The number of para-hydroxylation sites is 2. The summed E-state index contributed by atoms with van der Waals surface area (Å²) in [5.74, 6) is 0. The van der Waals surface area contributed by atoms with Crippen molar-refractivity contribution < 1.29 is 22.1 Å². The minimum absolute atomic E-state index is 0.0818. The summed E-state index contributed by atoms with van der Waals surface area (Å²) in [4.78, 5) is 4.55. The molecule has 5 aromatic heterocycles. The van der Waals surface area contributed by atoms with E-state index in [4.69, 9.17) is 22.1 Å². The number of fused-ring (bicyclic) bond motifs is 15. The van der Waals surface area contributed by atoms with Gasteiger partial charge in [-0.2, -0.15) is 0 Å². The molecule has 0 amide bonds. The second-order valence-corrected chi connectivity index (χ2v) is 25.3. The van der Waals surface area contributed by atoms with E-state index in [1.165, 1.54) is 22.3 Å². The van der Waals surface area contributed by atoms with Crippen LogP contribution in [0.5, 0.6) is 0 Å². The van der Waals surface area contributed by atoms with E-state index in [-0.39, 0.29) is 10.8 Å². The number of furan rings is 5. The first-order chi connectivity index (χ1) is 42.3. The van der Waals surface area contributed by atoms with Crippen LogP contribution in [-0.2, 0) is 10.8 Å². The standard InChI is InChI=1S/C80H58N2O5/c1-79(2,3)51-23-15-47(16-24-51)49-19-27-53(28-20-49)81(55-31-35-61-59-11-7-9-13-69(59)83-71(61)39-55)57-33-37-63-65-43-77-67(45-75(65)85-73(63)41-57)68-46-76-66(44-78(68)87-77)64-38-34-58(42-74(64)86-76)82(56-32-36-62-60-12-8-10-14-70(60)84-72(62)40-56)54-29-21-50(22-30-54)48-17-25-52(26-18-48)80(4,5)6/h7-46H,1-6H3. The van der Waals surface area contributed by atoms with Crippen molar-refractivity contribution in [2.75, 3.05) is 9.80 Å². The van der Waals surface area contributed by atoms with Gasteiger partial charge in [-0.3, -0.25) is 0 Å². The molecule has 17 aromatic rings. The van der Waals surface area contributed by atoms with Gasteiger partial charge in [-0.25, -0.2) is 0 Å². The minimum Gasteiger partial charge on any atom is -0.456 e. The van der Waals surface area contributed by atoms with Crippen molar-refractivity contribution in [3.05, 3.63) is 254 Å². The Kier molecular flexibility index (Phi) is 11.0. The van der Waals surface area contributed by atoms with Gasteiger partial charge in [0, 0.05) is 112 Å². The van der Waals surface area contributed by atoms with Crippen LogP contribution in [0.2, 0.25) is 0 Å². The van der Waals surface area contributed by atoms with Gasteiger partial charge in [0.05, 0.1) is 0 Å². The van der Waals surface area contributed by atoms with Crippen LogP contribution < -0.4 is 9.80 Å². The zero-order chi connectivity index (χ0) is 58.4. The lowest BCUT2D eigenvalue weighted by molar-refractivity contribution is 0.590. The number of benzene rings is 12. The molecular weight excluding hydrogens is 1070 g/mol. The second-order valence-electron chi connectivity index (χ2n) is 25.3. The lowest BCUT2D eigenvalue weighted by Gasteiger charge is -2.25. The lowest BCUT2D eigenvalue weighted by Crippen LogP contribution is -2.10. The maximum Gasteiger partial charge on any atom is 0.137 e. The highest BCUT2D eigenvalue weighted by molar-refractivity contribution is 6.19. The third-order valence-corrected chi connectivity index (χ3v) is 17.8. The molecule has 0 saturated carbocycles. The van der Waals surface area contributed by atoms with Gasteiger partial charge in [0.25, 0.3) is 0 Å². The highest BCUT2D eigenvalue weighted by Crippen LogP contribution is 2.46. The zero-order valence-electron chi connectivity index (χ0n) is 49.0. The van der Waals surface area contributed by atoms with E-state index in [0.29, 0.717) is 0 Å². The molecule has 0 aliphatic carbocycles. The summed E-state index contributed by atoms with van der Waals surface area (Å²) < 4.78 is 33.4. The van der Waals surface area contributed by atoms with Gasteiger partial charge in [-0.15, -0.1) is 0 Å². The SMILES string of the molecule is CC(C)(C)c1ccc(-c2ccc(N(c3ccc4c(c3)oc3ccccc34)c3ccc4c(c3)oc3cc5c(cc34)oc3cc4c(cc35)oc3cc(N(c5ccc(-c6ccc(C(C)(C)C)cc6)cc5)c5ccc6c(c5)oc5ccccc56)ccc34)cc2)cc1. The van der Waals surface area contributed by atoms with E-state index in [2.05, 4.69) is 270 Å². The second kappa shape index (κ2) is 18.9. The summed E-state index contributed by atoms with van der Waals surface area (Å²) >= 11 is 0. The highest BCUT2D eigenvalue weighted by Gasteiger charge is 2.23. The number of hydrogen-bond donors (Lipinski definition) is 0. The monoisotopic (exact) mass is 1130 g/mol. The Morgan fingerprint density at radius 3 is 0.747 bits per heavy atom. The minimum atomic E-state index is 0.0818. The average Bonchev–Trinajstić information content (AvgIpc) is 1.67. The molecule has 0 aliphatic heterocycles. The number of nitrogens with zero attached hydrogens (tertiary/aromatic N) is 2. The summed E-state index contributed by atoms with van der Waals surface area (Å²) in [5.41, 5.74) is 21.4. The first-order valence-corrected chi connectivity index (χ1v) is 29.8. The van der Waals surface area contributed by atoms with Gasteiger partial charge < -0.3 is 31.9 Å². The van der Waals surface area contributed by atoms with Crippen LogP contribution in [0.3, 0.4) is 0 Å². The lowest BCUT2D eigenvalue weighted by atomic mass is 9.86. The zero-order valence-corrected chi connectivity index (χ0v) is 49.0. The van der Waals surface area contributed by atoms with Crippen molar-refractivity contribution in [1.82, 2.24) is 0 Å². The molecular formula is C80H58N2O5. The number of hydrogen-bond acceptors (Lipinski definition) is 7. The number of rotatable bonds is 8. The van der Waals surface area contributed by atoms with Crippen LogP contribution in [0.15, 0.2) is 265 Å². The smallest absolute Gasteiger partial charge is 0.137 e. The molecule has 418 valence electrons. The quantitative estimate of drug-likeness (QED) is 0.150. The molecule has 0 unspecified atom stereocenters. The van der Waals surface area contributed by atoms with E-state index in [9.17, 15) is 0 Å². The predicted molar refractivity (Wildman–Crippen MR) is 360 cm³/mol. The molecule has 7 heteroatoms. The maximum absolute atomic E-state index is 6.87. The summed E-state index contributed by atoms with van der Waals surface area (Å²) in [6.45, 7) is 13.5. The predicted octanol–water partition coefficient (Wildman–Crippen LogP) is 24.1. The average molecular weight is 1130 g/mol. The summed E-state index contributed by atoms with van der Waals surface area (Å²) in [6, 6.07) is 86.3. The normalized spacial score (nSPS) is 12.5. The summed E-state index contributed by atoms with van der Waals surface area (Å²) in [5, 5.41) is 10.2. The van der Waals surface area contributed by atoms with Crippen molar-refractivity contribution in [3.8, 4) is 22.3 Å². The van der Waals surface area contributed by atoms with E-state index >= 15 is 0 Å².